The van der Waals surface area contributed by atoms with Crippen molar-refractivity contribution in [2.75, 3.05) is 6.61 Å². The van der Waals surface area contributed by atoms with E-state index in [0.717, 1.165) is 14.7 Å². The molecule has 1 aromatic heterocycles. The maximum Gasteiger partial charge on any atom is 0.338 e. The average Bonchev–Trinajstić information content (AvgIpc) is 3.09. The van der Waals surface area contributed by atoms with Gasteiger partial charge < -0.3 is 4.74 Å². The molecular formula is C26H25IN2O3S. The van der Waals surface area contributed by atoms with Crippen LogP contribution < -0.4 is 14.9 Å². The Bertz CT molecular complexity index is 1400. The highest BCUT2D eigenvalue weighted by Gasteiger charge is 2.33. The van der Waals surface area contributed by atoms with Crippen molar-refractivity contribution in [3.8, 4) is 0 Å². The summed E-state index contributed by atoms with van der Waals surface area (Å²) in [6.45, 7) is 8.11. The first-order valence-corrected chi connectivity index (χ1v) is 12.7. The standard InChI is InChI=1S/C26H25IN2O3S/c1-5-32-25(31)22-16(4)28-26-29(23(22)19-10-8-18(9-11-19)15(2)3)24(30)21(33-26)14-17-6-12-20(27)13-7-17/h6-15,23H,5H2,1-4H3/b21-14-/t23-/m0/s1. The van der Waals surface area contributed by atoms with Gasteiger partial charge in [0.05, 0.1) is 28.5 Å². The van der Waals surface area contributed by atoms with Crippen LogP contribution in [0.2, 0.25) is 0 Å². The van der Waals surface area contributed by atoms with Crippen LogP contribution in [-0.2, 0) is 9.53 Å². The van der Waals surface area contributed by atoms with Crippen LogP contribution in [0.4, 0.5) is 0 Å². The minimum Gasteiger partial charge on any atom is -0.463 e. The minimum atomic E-state index is -0.583. The van der Waals surface area contributed by atoms with Gasteiger partial charge in [0.15, 0.2) is 4.80 Å². The van der Waals surface area contributed by atoms with Gasteiger partial charge in [-0.2, -0.15) is 0 Å². The Morgan fingerprint density at radius 3 is 2.45 bits per heavy atom. The fourth-order valence-electron chi connectivity index (χ4n) is 3.88. The summed E-state index contributed by atoms with van der Waals surface area (Å²) in [4.78, 5) is 31.8. The summed E-state index contributed by atoms with van der Waals surface area (Å²) in [5.41, 5.74) is 3.82. The molecular weight excluding hydrogens is 547 g/mol. The SMILES string of the molecule is CCOC(=O)C1=C(C)N=c2s/c(=C\c3ccc(I)cc3)c(=O)n2[C@H]1c1ccc(C(C)C)cc1. The third kappa shape index (κ3) is 4.75. The molecule has 0 fully saturated rings. The number of thiazole rings is 1. The van der Waals surface area contributed by atoms with Crippen LogP contribution in [0.25, 0.3) is 6.08 Å². The van der Waals surface area contributed by atoms with Gasteiger partial charge in [-0.1, -0.05) is 61.6 Å². The second-order valence-electron chi connectivity index (χ2n) is 8.18. The maximum atomic E-state index is 13.6. The number of fused-ring (bicyclic) bond motifs is 1. The van der Waals surface area contributed by atoms with Gasteiger partial charge in [0.2, 0.25) is 0 Å². The lowest BCUT2D eigenvalue weighted by molar-refractivity contribution is -0.139. The molecule has 4 rings (SSSR count). The molecule has 0 aliphatic carbocycles. The second kappa shape index (κ2) is 9.77. The van der Waals surface area contributed by atoms with E-state index in [1.165, 1.54) is 16.9 Å². The summed E-state index contributed by atoms with van der Waals surface area (Å²) < 4.78 is 8.70. The van der Waals surface area contributed by atoms with Gasteiger partial charge in [0, 0.05) is 3.57 Å². The third-order valence-corrected chi connectivity index (χ3v) is 7.31. The number of rotatable bonds is 5. The van der Waals surface area contributed by atoms with Gasteiger partial charge in [0.25, 0.3) is 5.56 Å². The molecule has 1 aliphatic heterocycles. The van der Waals surface area contributed by atoms with Crippen LogP contribution >= 0.6 is 33.9 Å². The number of ether oxygens (including phenoxy) is 1. The molecule has 1 atom stereocenters. The van der Waals surface area contributed by atoms with Crippen LogP contribution in [0, 0.1) is 3.57 Å². The highest BCUT2D eigenvalue weighted by molar-refractivity contribution is 14.1. The molecule has 0 spiro atoms. The van der Waals surface area contributed by atoms with Crippen molar-refractivity contribution < 1.29 is 9.53 Å². The lowest BCUT2D eigenvalue weighted by Crippen LogP contribution is -2.39. The molecule has 170 valence electrons. The van der Waals surface area contributed by atoms with Crippen molar-refractivity contribution >= 4 is 46.0 Å². The van der Waals surface area contributed by atoms with E-state index in [2.05, 4.69) is 53.6 Å². The number of carbonyl (C=O) groups is 1. The second-order valence-corrected chi connectivity index (χ2v) is 10.4. The molecule has 0 unspecified atom stereocenters. The number of hydrogen-bond donors (Lipinski definition) is 0. The van der Waals surface area contributed by atoms with Crippen LogP contribution in [-0.4, -0.2) is 17.1 Å². The normalized spacial score (nSPS) is 16.1. The topological polar surface area (TPSA) is 60.7 Å². The van der Waals surface area contributed by atoms with Crippen LogP contribution in [0.5, 0.6) is 0 Å². The predicted molar refractivity (Wildman–Crippen MR) is 140 cm³/mol. The zero-order valence-electron chi connectivity index (χ0n) is 19.0. The first-order valence-electron chi connectivity index (χ1n) is 10.8. The molecule has 5 nitrogen and oxygen atoms in total. The molecule has 2 aromatic carbocycles. The molecule has 0 radical (unpaired) electrons. The summed E-state index contributed by atoms with van der Waals surface area (Å²) in [6.07, 6.45) is 1.88. The van der Waals surface area contributed by atoms with Gasteiger partial charge >= 0.3 is 5.97 Å². The van der Waals surface area contributed by atoms with E-state index in [1.807, 2.05) is 42.5 Å². The quantitative estimate of drug-likeness (QED) is 0.334. The fourth-order valence-corrected chi connectivity index (χ4v) is 5.29. The number of allylic oxidation sites excluding steroid dienone is 1. The van der Waals surface area contributed by atoms with Crippen molar-refractivity contribution in [3.05, 3.63) is 99.7 Å². The number of benzene rings is 2. The average molecular weight is 572 g/mol. The molecule has 0 saturated heterocycles. The van der Waals surface area contributed by atoms with Crippen molar-refractivity contribution in [1.82, 2.24) is 4.57 Å². The Hall–Kier alpha value is -2.52. The van der Waals surface area contributed by atoms with Gasteiger partial charge in [0.1, 0.15) is 0 Å². The van der Waals surface area contributed by atoms with Crippen molar-refractivity contribution in [2.24, 2.45) is 4.99 Å². The van der Waals surface area contributed by atoms with E-state index in [1.54, 1.807) is 18.4 Å². The zero-order chi connectivity index (χ0) is 23.7. The Labute approximate surface area is 210 Å². The van der Waals surface area contributed by atoms with E-state index in [9.17, 15) is 9.59 Å². The molecule has 0 N–H and O–H groups in total. The largest absolute Gasteiger partial charge is 0.463 e. The van der Waals surface area contributed by atoms with Crippen molar-refractivity contribution in [1.29, 1.82) is 0 Å². The van der Waals surface area contributed by atoms with Crippen LogP contribution in [0.3, 0.4) is 0 Å². The van der Waals surface area contributed by atoms with Crippen LogP contribution in [0.1, 0.15) is 56.3 Å². The number of aromatic nitrogens is 1. The van der Waals surface area contributed by atoms with Gasteiger partial charge in [-0.3, -0.25) is 9.36 Å². The Morgan fingerprint density at radius 2 is 1.85 bits per heavy atom. The highest BCUT2D eigenvalue weighted by atomic mass is 127. The fraction of sp³-hybridized carbons (Fsp3) is 0.269. The summed E-state index contributed by atoms with van der Waals surface area (Å²) in [5.74, 6) is -0.0552. The number of carbonyl (C=O) groups excluding carboxylic acids is 1. The van der Waals surface area contributed by atoms with E-state index in [4.69, 9.17) is 4.74 Å². The molecule has 0 saturated carbocycles. The first-order chi connectivity index (χ1) is 15.8. The van der Waals surface area contributed by atoms with E-state index in [0.29, 0.717) is 26.5 Å². The Morgan fingerprint density at radius 1 is 1.18 bits per heavy atom. The number of esters is 1. The zero-order valence-corrected chi connectivity index (χ0v) is 21.9. The molecule has 33 heavy (non-hydrogen) atoms. The molecule has 7 heteroatoms. The van der Waals surface area contributed by atoms with E-state index in [-0.39, 0.29) is 12.2 Å². The lowest BCUT2D eigenvalue weighted by Gasteiger charge is -2.25. The van der Waals surface area contributed by atoms with Crippen molar-refractivity contribution in [3.63, 3.8) is 0 Å². The third-order valence-electron chi connectivity index (χ3n) is 5.60. The summed E-state index contributed by atoms with van der Waals surface area (Å²) in [5, 5.41) is 0. The molecule has 1 aliphatic rings. The minimum absolute atomic E-state index is 0.162. The number of hydrogen-bond acceptors (Lipinski definition) is 5. The number of halogens is 1. The van der Waals surface area contributed by atoms with Crippen molar-refractivity contribution in [2.45, 2.75) is 39.7 Å². The summed E-state index contributed by atoms with van der Waals surface area (Å²) >= 11 is 3.59. The van der Waals surface area contributed by atoms with Gasteiger partial charge in [-0.15, -0.1) is 0 Å². The van der Waals surface area contributed by atoms with Gasteiger partial charge in [-0.25, -0.2) is 9.79 Å². The van der Waals surface area contributed by atoms with Gasteiger partial charge in [-0.05, 0) is 77.3 Å². The summed E-state index contributed by atoms with van der Waals surface area (Å²) in [6, 6.07) is 15.5. The summed E-state index contributed by atoms with van der Waals surface area (Å²) in [7, 11) is 0. The lowest BCUT2D eigenvalue weighted by atomic mass is 9.93. The molecule has 0 bridgehead atoms. The highest BCUT2D eigenvalue weighted by Crippen LogP contribution is 2.31. The number of nitrogens with zero attached hydrogens (tertiary/aromatic N) is 2. The molecule has 2 heterocycles. The molecule has 3 aromatic rings. The molecule has 0 amide bonds. The van der Waals surface area contributed by atoms with Crippen LogP contribution in [0.15, 0.2) is 69.6 Å². The monoisotopic (exact) mass is 572 g/mol. The maximum absolute atomic E-state index is 13.6. The smallest absolute Gasteiger partial charge is 0.338 e. The van der Waals surface area contributed by atoms with E-state index < -0.39 is 12.0 Å². The predicted octanol–water partition coefficient (Wildman–Crippen LogP) is 4.53. The van der Waals surface area contributed by atoms with E-state index >= 15 is 0 Å². The Kier molecular flexibility index (Phi) is 6.99. The first kappa shape index (κ1) is 23.6. The Balaban J connectivity index is 1.92.